The summed E-state index contributed by atoms with van der Waals surface area (Å²) in [6.07, 6.45) is 2.40. The first-order valence-electron chi connectivity index (χ1n) is 6.00. The third-order valence-corrected chi connectivity index (χ3v) is 3.53. The second kappa shape index (κ2) is 5.66. The molecular weight excluding hydrogens is 273 g/mol. The molecule has 0 aromatic heterocycles. The topological polar surface area (TPSA) is 41.5 Å². The first-order valence-corrected chi connectivity index (χ1v) is 6.75. The quantitative estimate of drug-likeness (QED) is 0.846. The van der Waals surface area contributed by atoms with Crippen molar-refractivity contribution in [2.75, 3.05) is 13.2 Å². The van der Waals surface area contributed by atoms with Crippen molar-refractivity contribution < 1.29 is 9.84 Å². The molecular formula is C13H17Cl2NO2. The molecule has 5 heteroatoms. The van der Waals surface area contributed by atoms with Crippen molar-refractivity contribution >= 4 is 23.2 Å². The lowest BCUT2D eigenvalue weighted by Crippen LogP contribution is -2.43. The molecule has 0 aliphatic heterocycles. The number of benzene rings is 1. The molecule has 1 aliphatic rings. The van der Waals surface area contributed by atoms with Crippen LogP contribution in [0.5, 0.6) is 5.75 Å². The minimum atomic E-state index is -0.894. The van der Waals surface area contributed by atoms with Gasteiger partial charge in [-0.1, -0.05) is 23.2 Å². The highest BCUT2D eigenvalue weighted by molar-refractivity contribution is 6.42. The summed E-state index contributed by atoms with van der Waals surface area (Å²) < 4.78 is 5.53. The predicted octanol–water partition coefficient (Wildman–Crippen LogP) is 2.88. The van der Waals surface area contributed by atoms with Gasteiger partial charge in [0.1, 0.15) is 18.0 Å². The van der Waals surface area contributed by atoms with Crippen LogP contribution in [0.4, 0.5) is 0 Å². The molecule has 100 valence electrons. The van der Waals surface area contributed by atoms with Gasteiger partial charge in [0.15, 0.2) is 0 Å². The smallest absolute Gasteiger partial charge is 0.121 e. The summed E-state index contributed by atoms with van der Waals surface area (Å²) in [5.74, 6) is 0.607. The Bertz CT molecular complexity index is 419. The van der Waals surface area contributed by atoms with Crippen molar-refractivity contribution in [3.05, 3.63) is 28.2 Å². The summed E-state index contributed by atoms with van der Waals surface area (Å²) in [5, 5.41) is 14.3. The van der Waals surface area contributed by atoms with Crippen molar-refractivity contribution in [1.29, 1.82) is 0 Å². The summed E-state index contributed by atoms with van der Waals surface area (Å²) in [6.45, 7) is 2.49. The molecule has 1 aromatic rings. The first kappa shape index (κ1) is 13.9. The number of halogens is 2. The van der Waals surface area contributed by atoms with E-state index in [1.54, 1.807) is 25.1 Å². The van der Waals surface area contributed by atoms with E-state index in [1.165, 1.54) is 12.8 Å². The second-order valence-corrected chi connectivity index (χ2v) is 5.83. The third kappa shape index (κ3) is 4.32. The van der Waals surface area contributed by atoms with E-state index in [9.17, 15) is 5.11 Å². The molecule has 0 bridgehead atoms. The average Bonchev–Trinajstić information content (AvgIpc) is 3.12. The van der Waals surface area contributed by atoms with E-state index in [-0.39, 0.29) is 6.61 Å². The van der Waals surface area contributed by atoms with Gasteiger partial charge in [0.05, 0.1) is 10.0 Å². The third-order valence-electron chi connectivity index (χ3n) is 2.79. The highest BCUT2D eigenvalue weighted by Crippen LogP contribution is 2.26. The number of rotatable bonds is 6. The largest absolute Gasteiger partial charge is 0.490 e. The normalized spacial score (nSPS) is 18.4. The maximum atomic E-state index is 10.1. The van der Waals surface area contributed by atoms with Gasteiger partial charge in [0.25, 0.3) is 0 Å². The van der Waals surface area contributed by atoms with Crippen LogP contribution in [-0.4, -0.2) is 29.9 Å². The molecule has 0 radical (unpaired) electrons. The SMILES string of the molecule is CC(O)(CNC1CC1)COc1ccc(Cl)c(Cl)c1. The van der Waals surface area contributed by atoms with Crippen LogP contribution in [-0.2, 0) is 0 Å². The van der Waals surface area contributed by atoms with Crippen LogP contribution in [0.1, 0.15) is 19.8 Å². The molecule has 1 fully saturated rings. The van der Waals surface area contributed by atoms with E-state index in [2.05, 4.69) is 5.32 Å². The Labute approximate surface area is 117 Å². The monoisotopic (exact) mass is 289 g/mol. The van der Waals surface area contributed by atoms with Gasteiger partial charge < -0.3 is 15.2 Å². The zero-order chi connectivity index (χ0) is 13.2. The molecule has 0 spiro atoms. The maximum absolute atomic E-state index is 10.1. The molecule has 1 unspecified atom stereocenters. The predicted molar refractivity (Wildman–Crippen MR) is 73.6 cm³/mol. The van der Waals surface area contributed by atoms with Crippen molar-refractivity contribution in [1.82, 2.24) is 5.32 Å². The molecule has 3 nitrogen and oxygen atoms in total. The molecule has 1 atom stereocenters. The highest BCUT2D eigenvalue weighted by atomic mass is 35.5. The fourth-order valence-corrected chi connectivity index (χ4v) is 1.80. The summed E-state index contributed by atoms with van der Waals surface area (Å²) in [4.78, 5) is 0. The molecule has 2 rings (SSSR count). The molecule has 2 N–H and O–H groups in total. The van der Waals surface area contributed by atoms with E-state index in [0.29, 0.717) is 28.4 Å². The van der Waals surface area contributed by atoms with E-state index in [0.717, 1.165) is 0 Å². The molecule has 0 amide bonds. The van der Waals surface area contributed by atoms with E-state index >= 15 is 0 Å². The van der Waals surface area contributed by atoms with Gasteiger partial charge in [0.2, 0.25) is 0 Å². The fourth-order valence-electron chi connectivity index (χ4n) is 1.51. The van der Waals surface area contributed by atoms with E-state index in [1.807, 2.05) is 0 Å². The maximum Gasteiger partial charge on any atom is 0.121 e. The van der Waals surface area contributed by atoms with E-state index in [4.69, 9.17) is 27.9 Å². The van der Waals surface area contributed by atoms with Crippen LogP contribution in [0, 0.1) is 0 Å². The van der Waals surface area contributed by atoms with Crippen molar-refractivity contribution in [2.45, 2.75) is 31.4 Å². The van der Waals surface area contributed by atoms with Crippen LogP contribution < -0.4 is 10.1 Å². The molecule has 1 aliphatic carbocycles. The molecule has 1 aromatic carbocycles. The Kier molecular flexibility index (Phi) is 4.38. The van der Waals surface area contributed by atoms with Gasteiger partial charge in [-0.15, -0.1) is 0 Å². The Balaban J connectivity index is 1.82. The minimum Gasteiger partial charge on any atom is -0.490 e. The average molecular weight is 290 g/mol. The molecule has 18 heavy (non-hydrogen) atoms. The van der Waals surface area contributed by atoms with Crippen LogP contribution in [0.25, 0.3) is 0 Å². The van der Waals surface area contributed by atoms with Crippen molar-refractivity contribution in [2.24, 2.45) is 0 Å². The summed E-state index contributed by atoms with van der Waals surface area (Å²) in [6, 6.07) is 5.63. The zero-order valence-electron chi connectivity index (χ0n) is 10.2. The standard InChI is InChI=1S/C13H17Cl2NO2/c1-13(17,7-16-9-2-3-9)8-18-10-4-5-11(14)12(15)6-10/h4-6,9,16-17H,2-3,7-8H2,1H3. The first-order chi connectivity index (χ1) is 8.46. The van der Waals surface area contributed by atoms with Crippen LogP contribution >= 0.6 is 23.2 Å². The van der Waals surface area contributed by atoms with Gasteiger partial charge in [0, 0.05) is 18.7 Å². The summed E-state index contributed by atoms with van der Waals surface area (Å²) >= 11 is 11.7. The van der Waals surface area contributed by atoms with Crippen molar-refractivity contribution in [3.63, 3.8) is 0 Å². The lowest BCUT2D eigenvalue weighted by molar-refractivity contribution is 0.0120. The number of hydrogen-bond donors (Lipinski definition) is 2. The Morgan fingerprint density at radius 3 is 2.72 bits per heavy atom. The van der Waals surface area contributed by atoms with Crippen LogP contribution in [0.15, 0.2) is 18.2 Å². The highest BCUT2D eigenvalue weighted by Gasteiger charge is 2.27. The number of aliphatic hydroxyl groups is 1. The Morgan fingerprint density at radius 1 is 1.39 bits per heavy atom. The fraction of sp³-hybridized carbons (Fsp3) is 0.538. The van der Waals surface area contributed by atoms with E-state index < -0.39 is 5.60 Å². The summed E-state index contributed by atoms with van der Waals surface area (Å²) in [5.41, 5.74) is -0.894. The van der Waals surface area contributed by atoms with Gasteiger partial charge in [-0.25, -0.2) is 0 Å². The molecule has 0 saturated heterocycles. The number of ether oxygens (including phenoxy) is 1. The molecule has 0 heterocycles. The Hall–Kier alpha value is -0.480. The molecule has 1 saturated carbocycles. The van der Waals surface area contributed by atoms with Crippen LogP contribution in [0.3, 0.4) is 0 Å². The number of nitrogens with one attached hydrogen (secondary N) is 1. The summed E-state index contributed by atoms with van der Waals surface area (Å²) in [7, 11) is 0. The van der Waals surface area contributed by atoms with Crippen LogP contribution in [0.2, 0.25) is 10.0 Å². The zero-order valence-corrected chi connectivity index (χ0v) is 11.8. The lowest BCUT2D eigenvalue weighted by Gasteiger charge is -2.24. The number of hydrogen-bond acceptors (Lipinski definition) is 3. The van der Waals surface area contributed by atoms with Crippen molar-refractivity contribution in [3.8, 4) is 5.75 Å². The van der Waals surface area contributed by atoms with Gasteiger partial charge in [-0.2, -0.15) is 0 Å². The van der Waals surface area contributed by atoms with Gasteiger partial charge >= 0.3 is 0 Å². The Morgan fingerprint density at radius 2 is 2.11 bits per heavy atom. The van der Waals surface area contributed by atoms with Gasteiger partial charge in [-0.05, 0) is 31.9 Å². The minimum absolute atomic E-state index is 0.213. The van der Waals surface area contributed by atoms with Gasteiger partial charge in [-0.3, -0.25) is 0 Å². The lowest BCUT2D eigenvalue weighted by atomic mass is 10.1. The second-order valence-electron chi connectivity index (χ2n) is 5.02.